The fourth-order valence-electron chi connectivity index (χ4n) is 4.51. The summed E-state index contributed by atoms with van der Waals surface area (Å²) in [6.45, 7) is 11.2. The zero-order valence-electron chi connectivity index (χ0n) is 15.8. The van der Waals surface area contributed by atoms with Gasteiger partial charge in [0.15, 0.2) is 0 Å². The number of unbranched alkanes of at least 4 members (excludes halogenated alkanes) is 1. The minimum atomic E-state index is -0.154. The number of nitrogens with one attached hydrogen (secondary N) is 2. The van der Waals surface area contributed by atoms with E-state index in [-0.39, 0.29) is 24.1 Å². The standard InChI is InChI=1S/C19H37N3O2/c1-15-11-16(2)13-22(12-15)10-5-4-9-20-18(24)21-17-7-6-8-19(17,3)14-23/h15-17,23H,4-14H2,1-3H3,(H2,20,21,24). The molecule has 2 rings (SSSR count). The van der Waals surface area contributed by atoms with Crippen molar-refractivity contribution >= 4 is 6.03 Å². The maximum Gasteiger partial charge on any atom is 0.315 e. The molecule has 0 radical (unpaired) electrons. The molecular weight excluding hydrogens is 302 g/mol. The lowest BCUT2D eigenvalue weighted by molar-refractivity contribution is 0.121. The van der Waals surface area contributed by atoms with Crippen molar-refractivity contribution < 1.29 is 9.90 Å². The number of piperidine rings is 1. The van der Waals surface area contributed by atoms with Crippen LogP contribution in [0.1, 0.15) is 59.3 Å². The van der Waals surface area contributed by atoms with Crippen LogP contribution in [0.2, 0.25) is 0 Å². The van der Waals surface area contributed by atoms with Gasteiger partial charge in [-0.05, 0) is 50.5 Å². The minimum Gasteiger partial charge on any atom is -0.396 e. The second-order valence-electron chi connectivity index (χ2n) is 8.57. The van der Waals surface area contributed by atoms with Gasteiger partial charge in [-0.2, -0.15) is 0 Å². The van der Waals surface area contributed by atoms with Gasteiger partial charge in [0.1, 0.15) is 0 Å². The van der Waals surface area contributed by atoms with E-state index in [9.17, 15) is 9.90 Å². The zero-order valence-corrected chi connectivity index (χ0v) is 15.8. The Kier molecular flexibility index (Phi) is 7.35. The molecule has 1 heterocycles. The van der Waals surface area contributed by atoms with Gasteiger partial charge in [0.2, 0.25) is 0 Å². The monoisotopic (exact) mass is 339 g/mol. The third-order valence-electron chi connectivity index (χ3n) is 5.88. The molecule has 3 N–H and O–H groups in total. The molecule has 0 aromatic heterocycles. The number of likely N-dealkylation sites (tertiary alicyclic amines) is 1. The van der Waals surface area contributed by atoms with Gasteiger partial charge in [0, 0.05) is 31.1 Å². The van der Waals surface area contributed by atoms with Gasteiger partial charge in [0.05, 0.1) is 6.61 Å². The summed E-state index contributed by atoms with van der Waals surface area (Å²) in [5.41, 5.74) is -0.154. The smallest absolute Gasteiger partial charge is 0.315 e. The number of hydrogen-bond donors (Lipinski definition) is 3. The first kappa shape index (κ1) is 19.5. The number of carbonyl (C=O) groups is 1. The SMILES string of the molecule is CC1CC(C)CN(CCCCNC(=O)NC2CCCC2(C)CO)C1. The van der Waals surface area contributed by atoms with Crippen LogP contribution in [0.25, 0.3) is 0 Å². The van der Waals surface area contributed by atoms with Gasteiger partial charge >= 0.3 is 6.03 Å². The number of urea groups is 1. The van der Waals surface area contributed by atoms with Crippen molar-refractivity contribution in [3.63, 3.8) is 0 Å². The highest BCUT2D eigenvalue weighted by Gasteiger charge is 2.39. The quantitative estimate of drug-likeness (QED) is 0.625. The predicted octanol–water partition coefficient (Wildman–Crippen LogP) is 2.59. The third-order valence-corrected chi connectivity index (χ3v) is 5.88. The zero-order chi connectivity index (χ0) is 17.6. The molecule has 5 heteroatoms. The second kappa shape index (κ2) is 9.04. The number of nitrogens with zero attached hydrogens (tertiary/aromatic N) is 1. The Morgan fingerprint density at radius 1 is 1.25 bits per heavy atom. The maximum absolute atomic E-state index is 12.0. The molecule has 0 spiro atoms. The Labute approximate surface area is 147 Å². The van der Waals surface area contributed by atoms with Crippen molar-refractivity contribution in [2.75, 3.05) is 32.8 Å². The van der Waals surface area contributed by atoms with Gasteiger partial charge in [-0.1, -0.05) is 27.2 Å². The lowest BCUT2D eigenvalue weighted by atomic mass is 9.86. The molecule has 1 aliphatic heterocycles. The molecule has 1 saturated carbocycles. The Hall–Kier alpha value is -0.810. The summed E-state index contributed by atoms with van der Waals surface area (Å²) in [5.74, 6) is 1.62. The van der Waals surface area contributed by atoms with E-state index in [2.05, 4.69) is 36.3 Å². The van der Waals surface area contributed by atoms with Crippen molar-refractivity contribution in [3.05, 3.63) is 0 Å². The number of carbonyl (C=O) groups excluding carboxylic acids is 1. The van der Waals surface area contributed by atoms with E-state index in [1.807, 2.05) is 0 Å². The lowest BCUT2D eigenvalue weighted by Crippen LogP contribution is -2.48. The average Bonchev–Trinajstić information content (AvgIpc) is 2.87. The maximum atomic E-state index is 12.0. The van der Waals surface area contributed by atoms with Crippen LogP contribution in [0, 0.1) is 17.3 Å². The molecule has 2 aliphatic rings. The van der Waals surface area contributed by atoms with Gasteiger partial charge < -0.3 is 20.6 Å². The van der Waals surface area contributed by atoms with E-state index in [0.717, 1.165) is 57.0 Å². The highest BCUT2D eigenvalue weighted by Crippen LogP contribution is 2.37. The summed E-state index contributed by atoms with van der Waals surface area (Å²) >= 11 is 0. The first-order chi connectivity index (χ1) is 11.4. The minimum absolute atomic E-state index is 0.0817. The fraction of sp³-hybridized carbons (Fsp3) is 0.947. The summed E-state index contributed by atoms with van der Waals surface area (Å²) < 4.78 is 0. The van der Waals surface area contributed by atoms with Crippen molar-refractivity contribution in [1.29, 1.82) is 0 Å². The largest absolute Gasteiger partial charge is 0.396 e. The number of hydrogen-bond acceptors (Lipinski definition) is 3. The van der Waals surface area contributed by atoms with Gasteiger partial charge in [-0.25, -0.2) is 4.79 Å². The summed E-state index contributed by atoms with van der Waals surface area (Å²) in [4.78, 5) is 14.6. The van der Waals surface area contributed by atoms with Gasteiger partial charge in [-0.3, -0.25) is 0 Å². The first-order valence-electron chi connectivity index (χ1n) is 9.80. The molecule has 2 amide bonds. The fourth-order valence-corrected chi connectivity index (χ4v) is 4.51. The molecule has 1 saturated heterocycles. The van der Waals surface area contributed by atoms with E-state index in [0.29, 0.717) is 0 Å². The molecule has 4 atom stereocenters. The number of aliphatic hydroxyl groups is 1. The summed E-state index contributed by atoms with van der Waals surface area (Å²) in [6.07, 6.45) is 6.55. The number of rotatable bonds is 7. The molecule has 0 aromatic carbocycles. The Bertz CT molecular complexity index is 394. The van der Waals surface area contributed by atoms with Crippen LogP contribution in [-0.4, -0.2) is 54.9 Å². The summed E-state index contributed by atoms with van der Waals surface area (Å²) in [7, 11) is 0. The Balaban J connectivity index is 1.56. The van der Waals surface area contributed by atoms with E-state index in [1.165, 1.54) is 19.5 Å². The molecule has 2 fully saturated rings. The lowest BCUT2D eigenvalue weighted by Gasteiger charge is -2.35. The van der Waals surface area contributed by atoms with Gasteiger partial charge in [-0.15, -0.1) is 0 Å². The van der Waals surface area contributed by atoms with Crippen molar-refractivity contribution in [1.82, 2.24) is 15.5 Å². The number of aliphatic hydroxyl groups excluding tert-OH is 1. The Morgan fingerprint density at radius 3 is 2.62 bits per heavy atom. The number of amides is 2. The first-order valence-corrected chi connectivity index (χ1v) is 9.80. The van der Waals surface area contributed by atoms with Crippen LogP contribution in [0.15, 0.2) is 0 Å². The summed E-state index contributed by atoms with van der Waals surface area (Å²) in [6, 6.07) is 0.0145. The van der Waals surface area contributed by atoms with Crippen LogP contribution in [0.4, 0.5) is 4.79 Å². The topological polar surface area (TPSA) is 64.6 Å². The van der Waals surface area contributed by atoms with Crippen LogP contribution < -0.4 is 10.6 Å². The van der Waals surface area contributed by atoms with Crippen molar-refractivity contribution in [2.45, 2.75) is 65.3 Å². The van der Waals surface area contributed by atoms with Crippen molar-refractivity contribution in [2.24, 2.45) is 17.3 Å². The summed E-state index contributed by atoms with van der Waals surface area (Å²) in [5, 5.41) is 15.6. The van der Waals surface area contributed by atoms with Crippen LogP contribution in [-0.2, 0) is 0 Å². The molecule has 0 bridgehead atoms. The normalized spacial score (nSPS) is 34.2. The second-order valence-corrected chi connectivity index (χ2v) is 8.57. The third kappa shape index (κ3) is 5.62. The Morgan fingerprint density at radius 2 is 1.96 bits per heavy atom. The van der Waals surface area contributed by atoms with Crippen LogP contribution in [0.5, 0.6) is 0 Å². The molecule has 24 heavy (non-hydrogen) atoms. The van der Waals surface area contributed by atoms with Gasteiger partial charge in [0.25, 0.3) is 0 Å². The highest BCUT2D eigenvalue weighted by molar-refractivity contribution is 5.74. The molecular formula is C19H37N3O2. The molecule has 0 aromatic rings. The van der Waals surface area contributed by atoms with Crippen LogP contribution in [0.3, 0.4) is 0 Å². The molecule has 5 nitrogen and oxygen atoms in total. The molecule has 1 aliphatic carbocycles. The highest BCUT2D eigenvalue weighted by atomic mass is 16.3. The van der Waals surface area contributed by atoms with Crippen molar-refractivity contribution in [3.8, 4) is 0 Å². The van der Waals surface area contributed by atoms with Crippen LogP contribution >= 0.6 is 0 Å². The van der Waals surface area contributed by atoms with E-state index < -0.39 is 0 Å². The molecule has 140 valence electrons. The van der Waals surface area contributed by atoms with E-state index >= 15 is 0 Å². The average molecular weight is 340 g/mol. The van der Waals surface area contributed by atoms with E-state index in [1.54, 1.807) is 0 Å². The molecule has 4 unspecified atom stereocenters. The van der Waals surface area contributed by atoms with E-state index in [4.69, 9.17) is 0 Å². The predicted molar refractivity (Wildman–Crippen MR) is 98.0 cm³/mol.